The molecule has 3 aromatic rings. The molecule has 1 amide bonds. The van der Waals surface area contributed by atoms with E-state index in [9.17, 15) is 4.79 Å². The Morgan fingerprint density at radius 2 is 2.00 bits per heavy atom. The molecule has 5 rings (SSSR count). The number of hydrogen-bond donors (Lipinski definition) is 1. The van der Waals surface area contributed by atoms with Crippen LogP contribution >= 0.6 is 23.3 Å². The zero-order valence-corrected chi connectivity index (χ0v) is 19.3. The molecule has 0 bridgehead atoms. The van der Waals surface area contributed by atoms with E-state index in [4.69, 9.17) is 10.1 Å². The fraction of sp³-hybridized carbons (Fsp3) is 0.500. The third-order valence-corrected chi connectivity index (χ3v) is 7.47. The quantitative estimate of drug-likeness (QED) is 0.541. The third-order valence-electron chi connectivity index (χ3n) is 6.01. The van der Waals surface area contributed by atoms with Crippen molar-refractivity contribution < 1.29 is 4.79 Å². The first-order valence-electron chi connectivity index (χ1n) is 10.6. The molecule has 30 heavy (non-hydrogen) atoms. The molecule has 6 nitrogen and oxygen atoms in total. The lowest BCUT2D eigenvalue weighted by Crippen LogP contribution is -2.38. The van der Waals surface area contributed by atoms with Crippen molar-refractivity contribution in [3.63, 3.8) is 0 Å². The van der Waals surface area contributed by atoms with Gasteiger partial charge in [0.1, 0.15) is 4.88 Å². The maximum Gasteiger partial charge on any atom is 0.266 e. The van der Waals surface area contributed by atoms with Crippen LogP contribution in [-0.2, 0) is 0 Å². The average Bonchev–Trinajstić information content (AvgIpc) is 3.40. The summed E-state index contributed by atoms with van der Waals surface area (Å²) in [6.45, 7) is 4.91. The average molecular weight is 442 g/mol. The third kappa shape index (κ3) is 3.60. The molecular weight excluding hydrogens is 414 g/mol. The molecule has 4 heterocycles. The molecule has 1 atom stereocenters. The summed E-state index contributed by atoms with van der Waals surface area (Å²) >= 11 is 3.09. The molecule has 1 saturated heterocycles. The van der Waals surface area contributed by atoms with Crippen LogP contribution in [0.2, 0.25) is 0 Å². The molecule has 0 aromatic carbocycles. The predicted octanol–water partition coefficient (Wildman–Crippen LogP) is 5.34. The first kappa shape index (κ1) is 19.9. The summed E-state index contributed by atoms with van der Waals surface area (Å²) in [5, 5.41) is 4.89. The highest BCUT2D eigenvalue weighted by atomic mass is 32.2. The van der Waals surface area contributed by atoms with Crippen molar-refractivity contribution in [2.45, 2.75) is 57.9 Å². The van der Waals surface area contributed by atoms with Gasteiger partial charge < -0.3 is 9.62 Å². The highest BCUT2D eigenvalue weighted by molar-refractivity contribution is 7.99. The Morgan fingerprint density at radius 1 is 1.17 bits per heavy atom. The first-order valence-corrected chi connectivity index (χ1v) is 12.7. The number of rotatable bonds is 5. The van der Waals surface area contributed by atoms with E-state index in [-0.39, 0.29) is 11.9 Å². The second-order valence-electron chi connectivity index (χ2n) is 8.35. The van der Waals surface area contributed by atoms with Crippen LogP contribution < -0.4 is 4.72 Å². The molecule has 3 aromatic heterocycles. The summed E-state index contributed by atoms with van der Waals surface area (Å²) < 4.78 is 5.21. The minimum Gasteiger partial charge on any atom is -0.329 e. The maximum absolute atomic E-state index is 13.6. The number of carbonyl (C=O) groups is 1. The molecule has 1 N–H and O–H groups in total. The van der Waals surface area contributed by atoms with Crippen LogP contribution in [0.15, 0.2) is 18.2 Å². The number of nitrogens with one attached hydrogen (secondary N) is 1. The van der Waals surface area contributed by atoms with Crippen molar-refractivity contribution in [1.29, 1.82) is 0 Å². The maximum atomic E-state index is 13.6. The normalized spacial score (nSPS) is 19.4. The fourth-order valence-electron chi connectivity index (χ4n) is 4.39. The second-order valence-corrected chi connectivity index (χ2v) is 10.2. The van der Waals surface area contributed by atoms with E-state index in [2.05, 4.69) is 36.8 Å². The van der Waals surface area contributed by atoms with Gasteiger partial charge in [0.2, 0.25) is 0 Å². The Morgan fingerprint density at radius 3 is 2.77 bits per heavy atom. The van der Waals surface area contributed by atoms with Gasteiger partial charge in [0.15, 0.2) is 5.65 Å². The molecule has 0 radical (unpaired) electrons. The summed E-state index contributed by atoms with van der Waals surface area (Å²) in [4.78, 5) is 22.4. The lowest BCUT2D eigenvalue weighted by atomic mass is 9.99. The molecule has 2 aliphatic rings. The first-order chi connectivity index (χ1) is 14.5. The van der Waals surface area contributed by atoms with Crippen molar-refractivity contribution in [2.24, 2.45) is 0 Å². The molecule has 0 spiro atoms. The van der Waals surface area contributed by atoms with Crippen molar-refractivity contribution in [1.82, 2.24) is 19.5 Å². The summed E-state index contributed by atoms with van der Waals surface area (Å²) in [7, 11) is 0. The van der Waals surface area contributed by atoms with E-state index in [0.717, 1.165) is 58.3 Å². The highest BCUT2D eigenvalue weighted by Gasteiger charge is 2.33. The Kier molecular flexibility index (Phi) is 5.23. The number of carbonyl (C=O) groups excluding carboxylic acids is 1. The lowest BCUT2D eigenvalue weighted by Gasteiger charge is -2.34. The summed E-state index contributed by atoms with van der Waals surface area (Å²) in [6, 6.07) is 6.32. The number of piperidine rings is 1. The summed E-state index contributed by atoms with van der Waals surface area (Å²) in [5.74, 6) is 0.721. The van der Waals surface area contributed by atoms with Crippen molar-refractivity contribution in [3.05, 3.63) is 45.0 Å². The van der Waals surface area contributed by atoms with Crippen LogP contribution in [0, 0.1) is 13.8 Å². The number of aromatic nitrogens is 3. The molecule has 2 fully saturated rings. The highest BCUT2D eigenvalue weighted by Crippen LogP contribution is 2.40. The molecule has 1 aliphatic carbocycles. The van der Waals surface area contributed by atoms with Gasteiger partial charge in [-0.05, 0) is 58.1 Å². The van der Waals surface area contributed by atoms with Crippen LogP contribution in [0.1, 0.15) is 75.7 Å². The monoisotopic (exact) mass is 441 g/mol. The smallest absolute Gasteiger partial charge is 0.266 e. The standard InChI is InChI=1S/C22H27N5OS2/c1-13-10-16(15-7-8-15)23-20-12-17(24-27(13)20)19-6-4-5-9-26(19)22(28)21-18(25-29-3)11-14(2)30-21/h10-12,15,19,25H,4-9H2,1-3H3. The number of nitrogens with zero attached hydrogens (tertiary/aromatic N) is 4. The number of thiophene rings is 1. The number of anilines is 1. The zero-order valence-electron chi connectivity index (χ0n) is 17.6. The van der Waals surface area contributed by atoms with Gasteiger partial charge >= 0.3 is 0 Å². The number of hydrogen-bond acceptors (Lipinski definition) is 6. The Bertz CT molecular complexity index is 1100. The van der Waals surface area contributed by atoms with Gasteiger partial charge in [0.05, 0.1) is 17.4 Å². The van der Waals surface area contributed by atoms with Crippen molar-refractivity contribution in [3.8, 4) is 0 Å². The minimum absolute atomic E-state index is 0.00117. The second kappa shape index (κ2) is 7.89. The number of amides is 1. The Balaban J connectivity index is 1.49. The number of aryl methyl sites for hydroxylation is 2. The molecule has 1 aliphatic heterocycles. The van der Waals surface area contributed by atoms with Crippen LogP contribution in [0.4, 0.5) is 5.69 Å². The van der Waals surface area contributed by atoms with E-state index in [1.807, 2.05) is 15.7 Å². The van der Waals surface area contributed by atoms with E-state index >= 15 is 0 Å². The van der Waals surface area contributed by atoms with Crippen LogP contribution in [-0.4, -0.2) is 38.2 Å². The molecule has 8 heteroatoms. The molecular formula is C22H27N5OS2. The number of fused-ring (bicyclic) bond motifs is 1. The van der Waals surface area contributed by atoms with Gasteiger partial charge in [-0.15, -0.1) is 11.3 Å². The van der Waals surface area contributed by atoms with Gasteiger partial charge in [0, 0.05) is 41.0 Å². The van der Waals surface area contributed by atoms with Gasteiger partial charge in [-0.1, -0.05) is 11.9 Å². The molecule has 1 unspecified atom stereocenters. The summed E-state index contributed by atoms with van der Waals surface area (Å²) in [5.41, 5.74) is 5.08. The van der Waals surface area contributed by atoms with E-state index in [1.54, 1.807) is 11.3 Å². The van der Waals surface area contributed by atoms with Gasteiger partial charge in [-0.2, -0.15) is 5.10 Å². The lowest BCUT2D eigenvalue weighted by molar-refractivity contribution is 0.0612. The van der Waals surface area contributed by atoms with Crippen LogP contribution in [0.3, 0.4) is 0 Å². The van der Waals surface area contributed by atoms with Crippen LogP contribution in [0.25, 0.3) is 5.65 Å². The van der Waals surface area contributed by atoms with Gasteiger partial charge in [-0.25, -0.2) is 9.50 Å². The van der Waals surface area contributed by atoms with Crippen molar-refractivity contribution in [2.75, 3.05) is 17.5 Å². The Labute approximate surface area is 185 Å². The largest absolute Gasteiger partial charge is 0.329 e. The van der Waals surface area contributed by atoms with Gasteiger partial charge in [-0.3, -0.25) is 4.79 Å². The molecule has 1 saturated carbocycles. The summed E-state index contributed by atoms with van der Waals surface area (Å²) in [6.07, 6.45) is 7.55. The predicted molar refractivity (Wildman–Crippen MR) is 124 cm³/mol. The zero-order chi connectivity index (χ0) is 20.8. The van der Waals surface area contributed by atoms with Crippen LogP contribution in [0.5, 0.6) is 0 Å². The van der Waals surface area contributed by atoms with E-state index in [1.165, 1.54) is 30.5 Å². The SMILES string of the molecule is CSNc1cc(C)sc1C(=O)N1CCCCC1c1cc2nc(C3CC3)cc(C)n2n1. The molecule has 158 valence electrons. The Hall–Kier alpha value is -2.06. The fourth-order valence-corrected chi connectivity index (χ4v) is 5.76. The topological polar surface area (TPSA) is 62.5 Å². The van der Waals surface area contributed by atoms with E-state index < -0.39 is 0 Å². The number of likely N-dealkylation sites (tertiary alicyclic amines) is 1. The minimum atomic E-state index is 0.00117. The van der Waals surface area contributed by atoms with Gasteiger partial charge in [0.25, 0.3) is 5.91 Å². The van der Waals surface area contributed by atoms with E-state index in [0.29, 0.717) is 5.92 Å². The van der Waals surface area contributed by atoms with Crippen molar-refractivity contribution >= 4 is 40.5 Å².